The van der Waals surface area contributed by atoms with Gasteiger partial charge in [-0.1, -0.05) is 238 Å². The summed E-state index contributed by atoms with van der Waals surface area (Å²) in [5.74, 6) is -0.869. The quantitative estimate of drug-likeness (QED) is 0.0262. The van der Waals surface area contributed by atoms with Crippen molar-refractivity contribution in [1.82, 2.24) is 0 Å². The second-order valence-electron chi connectivity index (χ2n) is 18.8. The Labute approximate surface area is 392 Å². The number of rotatable bonds is 51. The molecular formula is C57H106O6. The van der Waals surface area contributed by atoms with Gasteiger partial charge in [0.2, 0.25) is 0 Å². The Morgan fingerprint density at radius 2 is 0.524 bits per heavy atom. The van der Waals surface area contributed by atoms with E-state index in [-0.39, 0.29) is 31.1 Å². The zero-order valence-corrected chi connectivity index (χ0v) is 42.4. The molecule has 0 aromatic carbocycles. The van der Waals surface area contributed by atoms with Gasteiger partial charge in [0.15, 0.2) is 6.10 Å². The second kappa shape index (κ2) is 52.5. The summed E-state index contributed by atoms with van der Waals surface area (Å²) < 4.78 is 16.8. The van der Waals surface area contributed by atoms with Gasteiger partial charge in [0.25, 0.3) is 0 Å². The van der Waals surface area contributed by atoms with E-state index in [0.717, 1.165) is 64.2 Å². The molecule has 0 unspecified atom stereocenters. The first kappa shape index (κ1) is 60.9. The molecule has 0 saturated carbocycles. The van der Waals surface area contributed by atoms with Crippen molar-refractivity contribution in [3.63, 3.8) is 0 Å². The highest BCUT2D eigenvalue weighted by Crippen LogP contribution is 2.16. The summed E-state index contributed by atoms with van der Waals surface area (Å²) in [5, 5.41) is 0. The number of carbonyl (C=O) groups excluding carboxylic acids is 3. The average molecular weight is 887 g/mol. The minimum Gasteiger partial charge on any atom is -0.462 e. The van der Waals surface area contributed by atoms with Crippen LogP contribution in [-0.2, 0) is 28.6 Å². The van der Waals surface area contributed by atoms with Crippen LogP contribution in [0.3, 0.4) is 0 Å². The van der Waals surface area contributed by atoms with E-state index in [2.05, 4.69) is 45.1 Å². The van der Waals surface area contributed by atoms with Crippen LogP contribution in [0.25, 0.3) is 0 Å². The molecule has 6 nitrogen and oxygen atoms in total. The van der Waals surface area contributed by atoms with Gasteiger partial charge in [-0.3, -0.25) is 14.4 Å². The molecular weight excluding hydrogens is 781 g/mol. The molecule has 0 aromatic rings. The largest absolute Gasteiger partial charge is 0.462 e. The van der Waals surface area contributed by atoms with E-state index >= 15 is 0 Å². The molecule has 0 aliphatic rings. The normalized spacial score (nSPS) is 12.1. The van der Waals surface area contributed by atoms with Crippen molar-refractivity contribution in [1.29, 1.82) is 0 Å². The number of hydrogen-bond acceptors (Lipinski definition) is 6. The third-order valence-corrected chi connectivity index (χ3v) is 12.4. The summed E-state index contributed by atoms with van der Waals surface area (Å²) in [7, 11) is 0. The molecule has 0 bridgehead atoms. The van der Waals surface area contributed by atoms with Gasteiger partial charge < -0.3 is 14.2 Å². The average Bonchev–Trinajstić information content (AvgIpc) is 3.28. The number of esters is 3. The number of carbonyl (C=O) groups is 3. The van der Waals surface area contributed by atoms with Gasteiger partial charge in [0.1, 0.15) is 13.2 Å². The maximum Gasteiger partial charge on any atom is 0.306 e. The van der Waals surface area contributed by atoms with E-state index in [1.54, 1.807) is 0 Å². The van der Waals surface area contributed by atoms with E-state index in [9.17, 15) is 14.4 Å². The Bertz CT molecular complexity index is 1020. The van der Waals surface area contributed by atoms with Gasteiger partial charge in [0.05, 0.1) is 0 Å². The van der Waals surface area contributed by atoms with Gasteiger partial charge in [0, 0.05) is 19.3 Å². The fraction of sp³-hybridized carbons (Fsp3) is 0.877. The summed E-state index contributed by atoms with van der Waals surface area (Å²) in [4.78, 5) is 38.0. The van der Waals surface area contributed by atoms with Crippen LogP contribution in [0.4, 0.5) is 0 Å². The first-order valence-electron chi connectivity index (χ1n) is 27.8. The van der Waals surface area contributed by atoms with Crippen molar-refractivity contribution in [3.05, 3.63) is 24.3 Å². The summed E-state index contributed by atoms with van der Waals surface area (Å²) >= 11 is 0. The van der Waals surface area contributed by atoms with Crippen molar-refractivity contribution in [2.24, 2.45) is 0 Å². The number of allylic oxidation sites excluding steroid dienone is 4. The van der Waals surface area contributed by atoms with E-state index < -0.39 is 6.10 Å². The molecule has 0 amide bonds. The Hall–Kier alpha value is -2.11. The molecule has 0 aliphatic carbocycles. The van der Waals surface area contributed by atoms with E-state index in [1.165, 1.54) is 199 Å². The zero-order chi connectivity index (χ0) is 45.8. The maximum atomic E-state index is 12.8. The third-order valence-electron chi connectivity index (χ3n) is 12.4. The molecule has 0 fully saturated rings. The smallest absolute Gasteiger partial charge is 0.306 e. The minimum absolute atomic E-state index is 0.0719. The molecule has 0 rings (SSSR count). The summed E-state index contributed by atoms with van der Waals surface area (Å²) in [6.45, 7) is 6.65. The summed E-state index contributed by atoms with van der Waals surface area (Å²) in [6.07, 6.45) is 60.2. The summed E-state index contributed by atoms with van der Waals surface area (Å²) in [5.41, 5.74) is 0. The van der Waals surface area contributed by atoms with E-state index in [4.69, 9.17) is 14.2 Å². The molecule has 6 heteroatoms. The lowest BCUT2D eigenvalue weighted by Gasteiger charge is -2.18. The molecule has 1 atom stereocenters. The third kappa shape index (κ3) is 50.7. The van der Waals surface area contributed by atoms with Gasteiger partial charge in [-0.25, -0.2) is 0 Å². The number of unbranched alkanes of at least 4 members (excludes halogenated alkanes) is 36. The zero-order valence-electron chi connectivity index (χ0n) is 42.4. The van der Waals surface area contributed by atoms with Crippen molar-refractivity contribution < 1.29 is 28.6 Å². The topological polar surface area (TPSA) is 78.9 Å². The van der Waals surface area contributed by atoms with Crippen LogP contribution < -0.4 is 0 Å². The van der Waals surface area contributed by atoms with Crippen LogP contribution in [0, 0.1) is 0 Å². The van der Waals surface area contributed by atoms with E-state index in [0.29, 0.717) is 19.3 Å². The number of hydrogen-bond donors (Lipinski definition) is 0. The predicted octanol–water partition coefficient (Wildman–Crippen LogP) is 18.3. The van der Waals surface area contributed by atoms with Gasteiger partial charge in [-0.15, -0.1) is 0 Å². The van der Waals surface area contributed by atoms with Crippen molar-refractivity contribution >= 4 is 17.9 Å². The monoisotopic (exact) mass is 887 g/mol. The molecule has 370 valence electrons. The Morgan fingerprint density at radius 3 is 0.794 bits per heavy atom. The molecule has 0 N–H and O–H groups in total. The first-order chi connectivity index (χ1) is 31.0. The van der Waals surface area contributed by atoms with Gasteiger partial charge in [-0.2, -0.15) is 0 Å². The molecule has 0 radical (unpaired) electrons. The second-order valence-corrected chi connectivity index (χ2v) is 18.8. The molecule has 0 heterocycles. The van der Waals surface area contributed by atoms with Crippen molar-refractivity contribution in [3.8, 4) is 0 Å². The van der Waals surface area contributed by atoms with Crippen LogP contribution in [0.15, 0.2) is 24.3 Å². The SMILES string of the molecule is CCCCCCCC/C=C\CCCCCCCCCC(=O)OC[C@@H](COC(=O)CCCCCCCCCCCCCC)OC(=O)CCCCCCC/C=C\CCCCCCCCC. The van der Waals surface area contributed by atoms with Crippen LogP contribution in [0.5, 0.6) is 0 Å². The van der Waals surface area contributed by atoms with Crippen LogP contribution >= 0.6 is 0 Å². The van der Waals surface area contributed by atoms with Crippen LogP contribution in [0.2, 0.25) is 0 Å². The molecule has 63 heavy (non-hydrogen) atoms. The lowest BCUT2D eigenvalue weighted by molar-refractivity contribution is -0.167. The Morgan fingerprint density at radius 1 is 0.302 bits per heavy atom. The van der Waals surface area contributed by atoms with Crippen LogP contribution in [-0.4, -0.2) is 37.2 Å². The Kier molecular flexibility index (Phi) is 50.8. The highest BCUT2D eigenvalue weighted by Gasteiger charge is 2.19. The standard InChI is InChI=1S/C57H106O6/c1-4-7-10-13-16-19-22-25-27-29-31-32-35-38-41-44-47-50-56(59)62-53-54(52-61-55(58)49-46-43-40-37-34-24-21-18-15-12-9-6-3)63-57(60)51-48-45-42-39-36-33-30-28-26-23-20-17-14-11-8-5-2/h25,27-28,30,54H,4-24,26,29,31-53H2,1-3H3/b27-25-,30-28-/t54-/m1/s1. The summed E-state index contributed by atoms with van der Waals surface area (Å²) in [6, 6.07) is 0. The number of ether oxygens (including phenoxy) is 3. The fourth-order valence-electron chi connectivity index (χ4n) is 8.20. The fourth-order valence-corrected chi connectivity index (χ4v) is 8.20. The van der Waals surface area contributed by atoms with Crippen molar-refractivity contribution in [2.45, 2.75) is 309 Å². The Balaban J connectivity index is 4.34. The highest BCUT2D eigenvalue weighted by molar-refractivity contribution is 5.71. The predicted molar refractivity (Wildman–Crippen MR) is 270 cm³/mol. The van der Waals surface area contributed by atoms with E-state index in [1.807, 2.05) is 0 Å². The lowest BCUT2D eigenvalue weighted by Crippen LogP contribution is -2.30. The minimum atomic E-state index is -0.773. The lowest BCUT2D eigenvalue weighted by atomic mass is 10.0. The molecule has 0 spiro atoms. The molecule has 0 aliphatic heterocycles. The first-order valence-corrected chi connectivity index (χ1v) is 27.8. The highest BCUT2D eigenvalue weighted by atomic mass is 16.6. The van der Waals surface area contributed by atoms with Crippen molar-refractivity contribution in [2.75, 3.05) is 13.2 Å². The molecule has 0 saturated heterocycles. The van der Waals surface area contributed by atoms with Gasteiger partial charge >= 0.3 is 17.9 Å². The molecule has 0 aromatic heterocycles. The maximum absolute atomic E-state index is 12.8. The van der Waals surface area contributed by atoms with Crippen LogP contribution in [0.1, 0.15) is 303 Å². The van der Waals surface area contributed by atoms with Gasteiger partial charge in [-0.05, 0) is 70.6 Å².